The number of nitrogens with two attached hydrogens (primary N) is 1. The van der Waals surface area contributed by atoms with Crippen LogP contribution in [0.1, 0.15) is 0 Å². The molecule has 0 spiro atoms. The lowest BCUT2D eigenvalue weighted by molar-refractivity contribution is 0.815. The zero-order chi connectivity index (χ0) is 9.10. The molecule has 3 N–H and O–H groups in total. The van der Waals surface area contributed by atoms with E-state index in [1.54, 1.807) is 29.2 Å². The van der Waals surface area contributed by atoms with Gasteiger partial charge >= 0.3 is 0 Å². The maximum Gasteiger partial charge on any atom is 0.175 e. The van der Waals surface area contributed by atoms with Crippen LogP contribution in [0.5, 0.6) is 0 Å². The van der Waals surface area contributed by atoms with E-state index in [2.05, 4.69) is 20.7 Å². The first-order chi connectivity index (χ1) is 6.40. The van der Waals surface area contributed by atoms with E-state index in [-0.39, 0.29) is 24.8 Å². The fraction of sp³-hybridized carbons (Fsp3) is 0. The first-order valence-corrected chi connectivity index (χ1v) is 3.70. The Morgan fingerprint density at radius 1 is 1.20 bits per heavy atom. The van der Waals surface area contributed by atoms with Gasteiger partial charge in [-0.1, -0.05) is 0 Å². The molecule has 0 bridgehead atoms. The summed E-state index contributed by atoms with van der Waals surface area (Å²) >= 11 is 0. The fourth-order valence-corrected chi connectivity index (χ4v) is 0.929. The van der Waals surface area contributed by atoms with Crippen LogP contribution in [-0.4, -0.2) is 20.0 Å². The number of hydrazine groups is 1. The van der Waals surface area contributed by atoms with E-state index in [0.717, 1.165) is 0 Å². The molecule has 0 atom stereocenters. The number of nitrogens with zero attached hydrogens (tertiary/aromatic N) is 4. The van der Waals surface area contributed by atoms with Gasteiger partial charge in [0, 0.05) is 12.4 Å². The van der Waals surface area contributed by atoms with Crippen molar-refractivity contribution in [3.05, 3.63) is 30.6 Å². The van der Waals surface area contributed by atoms with Gasteiger partial charge in [-0.25, -0.2) is 10.5 Å². The van der Waals surface area contributed by atoms with Gasteiger partial charge < -0.3 is 5.43 Å². The molecule has 2 heterocycles. The number of nitrogens with one attached hydrogen (secondary N) is 1. The van der Waals surface area contributed by atoms with E-state index in [9.17, 15) is 0 Å². The number of anilines is 1. The van der Waals surface area contributed by atoms with Gasteiger partial charge in [0.1, 0.15) is 0 Å². The number of hydrogen-bond acceptors (Lipinski definition) is 5. The molecule has 0 unspecified atom stereocenters. The average Bonchev–Trinajstić information content (AvgIpc) is 2.71. The van der Waals surface area contributed by atoms with Crippen LogP contribution in [0.3, 0.4) is 0 Å². The maximum atomic E-state index is 5.14. The van der Waals surface area contributed by atoms with Crippen molar-refractivity contribution in [2.75, 3.05) is 5.43 Å². The molecule has 0 aliphatic carbocycles. The topological polar surface area (TPSA) is 81.6 Å². The molecule has 0 saturated heterocycles. The Bertz CT molecular complexity index is 373. The molecule has 2 rings (SSSR count). The molecule has 6 nitrogen and oxygen atoms in total. The Labute approximate surface area is 98.7 Å². The summed E-state index contributed by atoms with van der Waals surface area (Å²) in [6.45, 7) is 0. The molecular formula is C7H10Cl2N6. The smallest absolute Gasteiger partial charge is 0.175 e. The second kappa shape index (κ2) is 6.18. The van der Waals surface area contributed by atoms with Gasteiger partial charge in [0.15, 0.2) is 11.6 Å². The Morgan fingerprint density at radius 3 is 2.47 bits per heavy atom. The maximum absolute atomic E-state index is 5.14. The summed E-state index contributed by atoms with van der Waals surface area (Å²) in [5, 5.41) is 11.7. The second-order valence-electron chi connectivity index (χ2n) is 2.37. The third-order valence-electron chi connectivity index (χ3n) is 1.54. The molecule has 8 heteroatoms. The van der Waals surface area contributed by atoms with Crippen molar-refractivity contribution in [3.63, 3.8) is 0 Å². The van der Waals surface area contributed by atoms with Gasteiger partial charge in [-0.15, -0.1) is 35.0 Å². The Balaban J connectivity index is 0.000000980. The Morgan fingerprint density at radius 2 is 2.00 bits per heavy atom. The lowest BCUT2D eigenvalue weighted by atomic mass is 10.5. The van der Waals surface area contributed by atoms with Gasteiger partial charge in [0.05, 0.1) is 0 Å². The predicted octanol–water partition coefficient (Wildman–Crippen LogP) is 0.791. The first-order valence-electron chi connectivity index (χ1n) is 3.70. The molecule has 0 radical (unpaired) electrons. The van der Waals surface area contributed by atoms with Crippen LogP contribution in [0.25, 0.3) is 5.82 Å². The molecule has 2 aromatic heterocycles. The van der Waals surface area contributed by atoms with Crippen molar-refractivity contribution >= 4 is 30.6 Å². The van der Waals surface area contributed by atoms with Gasteiger partial charge in [0.25, 0.3) is 0 Å². The number of halogens is 2. The minimum Gasteiger partial charge on any atom is -0.307 e. The van der Waals surface area contributed by atoms with Crippen molar-refractivity contribution in [1.29, 1.82) is 0 Å². The number of aromatic nitrogens is 4. The summed E-state index contributed by atoms with van der Waals surface area (Å²) in [7, 11) is 0. The SMILES string of the molecule is Cl.Cl.NNc1ccc(-n2cccn2)nn1. The van der Waals surface area contributed by atoms with Crippen LogP contribution in [0.2, 0.25) is 0 Å². The van der Waals surface area contributed by atoms with Crippen molar-refractivity contribution in [3.8, 4) is 5.82 Å². The van der Waals surface area contributed by atoms with Crippen LogP contribution in [-0.2, 0) is 0 Å². The predicted molar refractivity (Wildman–Crippen MR) is 61.5 cm³/mol. The molecule has 82 valence electrons. The standard InChI is InChI=1S/C7H8N6.2ClH/c8-10-6-2-3-7(12-11-6)13-5-1-4-9-13;;/h1-5H,8H2,(H,10,11);2*1H. The molecule has 15 heavy (non-hydrogen) atoms. The summed E-state index contributed by atoms with van der Waals surface area (Å²) in [4.78, 5) is 0. The van der Waals surface area contributed by atoms with Gasteiger partial charge in [-0.3, -0.25) is 0 Å². The monoisotopic (exact) mass is 248 g/mol. The van der Waals surface area contributed by atoms with Gasteiger partial charge in [0.2, 0.25) is 0 Å². The molecule has 0 aliphatic heterocycles. The third kappa shape index (κ3) is 3.05. The molecular weight excluding hydrogens is 239 g/mol. The van der Waals surface area contributed by atoms with E-state index in [0.29, 0.717) is 11.6 Å². The molecule has 0 aliphatic rings. The normalized spacial score (nSPS) is 8.60. The lowest BCUT2D eigenvalue weighted by Crippen LogP contribution is -2.10. The van der Waals surface area contributed by atoms with Crippen molar-refractivity contribution in [2.45, 2.75) is 0 Å². The summed E-state index contributed by atoms with van der Waals surface area (Å²) in [5.41, 5.74) is 2.40. The highest BCUT2D eigenvalue weighted by Gasteiger charge is 1.97. The number of nitrogen functional groups attached to an aromatic ring is 1. The summed E-state index contributed by atoms with van der Waals surface area (Å²) < 4.78 is 1.62. The van der Waals surface area contributed by atoms with Gasteiger partial charge in [-0.2, -0.15) is 5.10 Å². The van der Waals surface area contributed by atoms with Crippen molar-refractivity contribution in [2.24, 2.45) is 5.84 Å². The largest absolute Gasteiger partial charge is 0.307 e. The molecule has 0 amide bonds. The third-order valence-corrected chi connectivity index (χ3v) is 1.54. The zero-order valence-corrected chi connectivity index (χ0v) is 9.20. The molecule has 2 aromatic rings. The molecule has 0 aromatic carbocycles. The minimum atomic E-state index is 0. The summed E-state index contributed by atoms with van der Waals surface area (Å²) in [6.07, 6.45) is 3.47. The van der Waals surface area contributed by atoms with E-state index >= 15 is 0 Å². The van der Waals surface area contributed by atoms with Crippen LogP contribution in [0.15, 0.2) is 30.6 Å². The number of hydrogen-bond donors (Lipinski definition) is 2. The van der Waals surface area contributed by atoms with Crippen LogP contribution in [0.4, 0.5) is 5.82 Å². The molecule has 0 fully saturated rings. The van der Waals surface area contributed by atoms with Crippen LogP contribution in [0, 0.1) is 0 Å². The Hall–Kier alpha value is -1.37. The Kier molecular flexibility index (Phi) is 5.61. The van der Waals surface area contributed by atoms with Crippen molar-refractivity contribution < 1.29 is 0 Å². The van der Waals surface area contributed by atoms with Crippen LogP contribution >= 0.6 is 24.8 Å². The van der Waals surface area contributed by atoms with Crippen molar-refractivity contribution in [1.82, 2.24) is 20.0 Å². The van der Waals surface area contributed by atoms with E-state index in [1.807, 2.05) is 6.07 Å². The first kappa shape index (κ1) is 13.6. The minimum absolute atomic E-state index is 0. The summed E-state index contributed by atoms with van der Waals surface area (Å²) in [5.74, 6) is 6.32. The van der Waals surface area contributed by atoms with E-state index in [4.69, 9.17) is 5.84 Å². The molecule has 0 saturated carbocycles. The zero-order valence-electron chi connectivity index (χ0n) is 7.57. The fourth-order valence-electron chi connectivity index (χ4n) is 0.929. The second-order valence-corrected chi connectivity index (χ2v) is 2.37. The highest BCUT2D eigenvalue weighted by Crippen LogP contribution is 2.03. The quantitative estimate of drug-likeness (QED) is 0.607. The number of rotatable bonds is 2. The lowest BCUT2D eigenvalue weighted by Gasteiger charge is -2.00. The summed E-state index contributed by atoms with van der Waals surface area (Å²) in [6, 6.07) is 5.32. The van der Waals surface area contributed by atoms with E-state index in [1.165, 1.54) is 0 Å². The average molecular weight is 249 g/mol. The highest BCUT2D eigenvalue weighted by molar-refractivity contribution is 5.85. The highest BCUT2D eigenvalue weighted by atomic mass is 35.5. The van der Waals surface area contributed by atoms with Crippen LogP contribution < -0.4 is 11.3 Å². The van der Waals surface area contributed by atoms with E-state index < -0.39 is 0 Å². The van der Waals surface area contributed by atoms with Gasteiger partial charge in [-0.05, 0) is 18.2 Å².